The molecule has 0 bridgehead atoms. The van der Waals surface area contributed by atoms with Gasteiger partial charge in [0.15, 0.2) is 0 Å². The Kier molecular flexibility index (Phi) is 2.32. The van der Waals surface area contributed by atoms with Gasteiger partial charge in [-0.25, -0.2) is 4.79 Å². The predicted octanol–water partition coefficient (Wildman–Crippen LogP) is 0.655. The fourth-order valence-electron chi connectivity index (χ4n) is 2.03. The molecule has 2 rings (SSSR count). The van der Waals surface area contributed by atoms with Gasteiger partial charge in [-0.15, -0.1) is 0 Å². The molecular formula is C10H16N2O3. The van der Waals surface area contributed by atoms with Gasteiger partial charge >= 0.3 is 12.0 Å². The Balaban J connectivity index is 1.84. The van der Waals surface area contributed by atoms with E-state index in [-0.39, 0.29) is 6.03 Å². The number of nitrogens with zero attached hydrogens (tertiary/aromatic N) is 1. The zero-order chi connectivity index (χ0) is 11.1. The quantitative estimate of drug-likeness (QED) is 0.706. The summed E-state index contributed by atoms with van der Waals surface area (Å²) in [4.78, 5) is 23.9. The zero-order valence-corrected chi connectivity index (χ0v) is 8.82. The van der Waals surface area contributed by atoms with Crippen molar-refractivity contribution in [3.8, 4) is 0 Å². The number of aliphatic carboxylic acids is 1. The third-order valence-corrected chi connectivity index (χ3v) is 3.39. The number of hydrogen-bond donors (Lipinski definition) is 2. The van der Waals surface area contributed by atoms with E-state index >= 15 is 0 Å². The van der Waals surface area contributed by atoms with Crippen molar-refractivity contribution in [2.75, 3.05) is 13.1 Å². The highest BCUT2D eigenvalue weighted by molar-refractivity contribution is 5.82. The van der Waals surface area contributed by atoms with Gasteiger partial charge in [0.2, 0.25) is 0 Å². The van der Waals surface area contributed by atoms with Crippen LogP contribution in [0, 0.1) is 5.41 Å². The number of carboxylic acids is 1. The third-order valence-electron chi connectivity index (χ3n) is 3.39. The summed E-state index contributed by atoms with van der Waals surface area (Å²) in [6.45, 7) is 3.03. The minimum atomic E-state index is -0.997. The van der Waals surface area contributed by atoms with Crippen LogP contribution in [0.2, 0.25) is 0 Å². The SMILES string of the molecule is C[C@H](NC(=O)N1CCC2(CC2)C1)C(=O)O. The molecule has 0 aromatic rings. The van der Waals surface area contributed by atoms with Crippen molar-refractivity contribution in [3.63, 3.8) is 0 Å². The number of nitrogens with one attached hydrogen (secondary N) is 1. The van der Waals surface area contributed by atoms with Gasteiger partial charge in [-0.2, -0.15) is 0 Å². The highest BCUT2D eigenvalue weighted by Gasteiger charge is 2.48. The Morgan fingerprint density at radius 2 is 2.07 bits per heavy atom. The van der Waals surface area contributed by atoms with Crippen LogP contribution in [0.5, 0.6) is 0 Å². The molecule has 1 saturated carbocycles. The van der Waals surface area contributed by atoms with Gasteiger partial charge in [-0.05, 0) is 31.6 Å². The summed E-state index contributed by atoms with van der Waals surface area (Å²) in [6, 6.07) is -1.05. The Hall–Kier alpha value is -1.26. The van der Waals surface area contributed by atoms with E-state index in [1.165, 1.54) is 19.8 Å². The van der Waals surface area contributed by atoms with E-state index in [1.54, 1.807) is 4.90 Å². The van der Waals surface area contributed by atoms with Crippen LogP contribution in [-0.2, 0) is 4.79 Å². The number of carboxylic acid groups (broad SMARTS) is 1. The number of amides is 2. The topological polar surface area (TPSA) is 69.6 Å². The van der Waals surface area contributed by atoms with Gasteiger partial charge in [0.25, 0.3) is 0 Å². The maximum absolute atomic E-state index is 11.6. The Morgan fingerprint density at radius 1 is 1.40 bits per heavy atom. The Morgan fingerprint density at radius 3 is 2.53 bits per heavy atom. The molecule has 0 unspecified atom stereocenters. The van der Waals surface area contributed by atoms with E-state index < -0.39 is 12.0 Å². The largest absolute Gasteiger partial charge is 0.480 e. The molecule has 1 aliphatic carbocycles. The second-order valence-corrected chi connectivity index (χ2v) is 4.68. The van der Waals surface area contributed by atoms with E-state index in [1.807, 2.05) is 0 Å². The lowest BCUT2D eigenvalue weighted by Crippen LogP contribution is -2.45. The van der Waals surface area contributed by atoms with Crippen molar-refractivity contribution in [1.82, 2.24) is 10.2 Å². The van der Waals surface area contributed by atoms with Crippen LogP contribution in [0.25, 0.3) is 0 Å². The predicted molar refractivity (Wildman–Crippen MR) is 53.5 cm³/mol. The third kappa shape index (κ3) is 2.06. The van der Waals surface area contributed by atoms with Gasteiger partial charge in [0.1, 0.15) is 6.04 Å². The number of hydrogen-bond acceptors (Lipinski definition) is 2. The van der Waals surface area contributed by atoms with Crippen LogP contribution >= 0.6 is 0 Å². The molecular weight excluding hydrogens is 196 g/mol. The van der Waals surface area contributed by atoms with Crippen LogP contribution in [-0.4, -0.2) is 41.1 Å². The number of urea groups is 1. The Labute approximate surface area is 88.4 Å². The molecule has 2 fully saturated rings. The van der Waals surface area contributed by atoms with Crippen LogP contribution < -0.4 is 5.32 Å². The first-order chi connectivity index (χ1) is 7.02. The van der Waals surface area contributed by atoms with Crippen molar-refractivity contribution >= 4 is 12.0 Å². The summed E-state index contributed by atoms with van der Waals surface area (Å²) in [7, 11) is 0. The minimum absolute atomic E-state index is 0.242. The fourth-order valence-corrected chi connectivity index (χ4v) is 2.03. The summed E-state index contributed by atoms with van der Waals surface area (Å²) in [5, 5.41) is 11.1. The van der Waals surface area contributed by atoms with Crippen LogP contribution in [0.15, 0.2) is 0 Å². The molecule has 15 heavy (non-hydrogen) atoms. The van der Waals surface area contributed by atoms with Gasteiger partial charge in [-0.3, -0.25) is 4.79 Å². The van der Waals surface area contributed by atoms with E-state index in [9.17, 15) is 9.59 Å². The lowest BCUT2D eigenvalue weighted by molar-refractivity contribution is -0.138. The molecule has 5 nitrogen and oxygen atoms in total. The van der Waals surface area contributed by atoms with Crippen molar-refractivity contribution < 1.29 is 14.7 Å². The van der Waals surface area contributed by atoms with Crippen LogP contribution in [0.3, 0.4) is 0 Å². The number of rotatable bonds is 2. The number of carbonyl (C=O) groups excluding carboxylic acids is 1. The van der Waals surface area contributed by atoms with Crippen molar-refractivity contribution in [1.29, 1.82) is 0 Å². The van der Waals surface area contributed by atoms with Gasteiger partial charge in [0, 0.05) is 13.1 Å². The average molecular weight is 212 g/mol. The first kappa shape index (κ1) is 10.3. The molecule has 0 aromatic carbocycles. The minimum Gasteiger partial charge on any atom is -0.480 e. The highest BCUT2D eigenvalue weighted by Crippen LogP contribution is 2.52. The van der Waals surface area contributed by atoms with Gasteiger partial charge in [0.05, 0.1) is 0 Å². The van der Waals surface area contributed by atoms with E-state index in [4.69, 9.17) is 5.11 Å². The maximum atomic E-state index is 11.6. The zero-order valence-electron chi connectivity index (χ0n) is 8.82. The maximum Gasteiger partial charge on any atom is 0.325 e. The first-order valence-corrected chi connectivity index (χ1v) is 5.31. The van der Waals surface area contributed by atoms with E-state index in [0.29, 0.717) is 5.41 Å². The monoisotopic (exact) mass is 212 g/mol. The van der Waals surface area contributed by atoms with Crippen LogP contribution in [0.1, 0.15) is 26.2 Å². The normalized spacial score (nSPS) is 23.9. The molecule has 1 aliphatic heterocycles. The smallest absolute Gasteiger partial charge is 0.325 e. The van der Waals surface area contributed by atoms with E-state index in [0.717, 1.165) is 19.5 Å². The molecule has 2 N–H and O–H groups in total. The molecule has 1 saturated heterocycles. The summed E-state index contributed by atoms with van der Waals surface area (Å²) >= 11 is 0. The second-order valence-electron chi connectivity index (χ2n) is 4.68. The lowest BCUT2D eigenvalue weighted by atomic mass is 10.1. The van der Waals surface area contributed by atoms with E-state index in [2.05, 4.69) is 5.32 Å². The second kappa shape index (κ2) is 3.40. The van der Waals surface area contributed by atoms with Crippen LogP contribution in [0.4, 0.5) is 4.79 Å². The first-order valence-electron chi connectivity index (χ1n) is 5.31. The van der Waals surface area contributed by atoms with Crippen molar-refractivity contribution in [2.24, 2.45) is 5.41 Å². The number of carbonyl (C=O) groups is 2. The summed E-state index contributed by atoms with van der Waals surface area (Å²) in [5.74, 6) is -0.997. The summed E-state index contributed by atoms with van der Waals surface area (Å²) in [6.07, 6.45) is 3.50. The van der Waals surface area contributed by atoms with Crippen molar-refractivity contribution in [2.45, 2.75) is 32.2 Å². The Bertz CT molecular complexity index is 299. The lowest BCUT2D eigenvalue weighted by Gasteiger charge is -2.18. The summed E-state index contributed by atoms with van der Waals surface area (Å²) < 4.78 is 0. The standard InChI is InChI=1S/C10H16N2O3/c1-7(8(13)14)11-9(15)12-5-4-10(6-12)2-3-10/h7H,2-6H2,1H3,(H,11,15)(H,13,14)/t7-/m0/s1. The number of likely N-dealkylation sites (tertiary alicyclic amines) is 1. The molecule has 84 valence electrons. The molecule has 1 atom stereocenters. The molecule has 1 heterocycles. The average Bonchev–Trinajstić information content (AvgIpc) is 2.75. The molecule has 0 aromatic heterocycles. The molecule has 2 amide bonds. The fraction of sp³-hybridized carbons (Fsp3) is 0.800. The molecule has 2 aliphatic rings. The molecule has 5 heteroatoms. The van der Waals surface area contributed by atoms with Crippen molar-refractivity contribution in [3.05, 3.63) is 0 Å². The highest BCUT2D eigenvalue weighted by atomic mass is 16.4. The van der Waals surface area contributed by atoms with Gasteiger partial charge in [-0.1, -0.05) is 0 Å². The molecule has 1 spiro atoms. The summed E-state index contributed by atoms with van der Waals surface area (Å²) in [5.41, 5.74) is 0.393. The molecule has 0 radical (unpaired) electrons. The van der Waals surface area contributed by atoms with Gasteiger partial charge < -0.3 is 15.3 Å².